The molecule has 1 aromatic carbocycles. The molecule has 0 aliphatic carbocycles. The molecule has 0 unspecified atom stereocenters. The van der Waals surface area contributed by atoms with Gasteiger partial charge in [-0.2, -0.15) is 0 Å². The summed E-state index contributed by atoms with van der Waals surface area (Å²) in [6, 6.07) is 7.05. The van der Waals surface area contributed by atoms with Crippen molar-refractivity contribution in [2.75, 3.05) is 18.5 Å². The zero-order chi connectivity index (χ0) is 16.0. The molecule has 0 saturated heterocycles. The highest BCUT2D eigenvalue weighted by atomic mass is 16.2. The number of nitrogens with one attached hydrogen (secondary N) is 2. The number of carbonyl (C=O) groups is 1. The number of aryl methyl sites for hydroxylation is 1. The number of amides is 1. The summed E-state index contributed by atoms with van der Waals surface area (Å²) < 4.78 is 0. The Morgan fingerprint density at radius 3 is 2.38 bits per heavy atom. The molecule has 0 bridgehead atoms. The van der Waals surface area contributed by atoms with Gasteiger partial charge in [-0.3, -0.25) is 4.79 Å². The molecule has 0 radical (unpaired) electrons. The second-order valence-electron chi connectivity index (χ2n) is 6.23. The molecule has 0 aliphatic rings. The van der Waals surface area contributed by atoms with Crippen LogP contribution < -0.4 is 15.5 Å². The summed E-state index contributed by atoms with van der Waals surface area (Å²) in [4.78, 5) is 13.8. The van der Waals surface area contributed by atoms with Gasteiger partial charge in [0.05, 0.1) is 6.54 Å². The van der Waals surface area contributed by atoms with E-state index in [2.05, 4.69) is 49.6 Å². The predicted octanol–water partition coefficient (Wildman–Crippen LogP) is 2.45. The Kier molecular flexibility index (Phi) is 6.69. The fourth-order valence-electron chi connectivity index (χ4n) is 2.25. The topological polar surface area (TPSA) is 44.4 Å². The van der Waals surface area contributed by atoms with Gasteiger partial charge in [0.15, 0.2) is 0 Å². The van der Waals surface area contributed by atoms with Crippen LogP contribution in [-0.4, -0.2) is 31.6 Å². The number of hydrogen-bond donors (Lipinski definition) is 2. The lowest BCUT2D eigenvalue weighted by molar-refractivity contribution is -0.120. The lowest BCUT2D eigenvalue weighted by Gasteiger charge is -2.22. The molecule has 0 heterocycles. The van der Waals surface area contributed by atoms with Crippen molar-refractivity contribution in [3.8, 4) is 0 Å². The van der Waals surface area contributed by atoms with Crippen molar-refractivity contribution in [1.82, 2.24) is 10.6 Å². The molecular formula is C17H29N3O. The number of likely N-dealkylation sites (N-methyl/N-ethyl adjacent to an activating group) is 1. The third kappa shape index (κ3) is 6.17. The summed E-state index contributed by atoms with van der Waals surface area (Å²) in [6.07, 6.45) is 0. The first-order valence-corrected chi connectivity index (χ1v) is 7.63. The fourth-order valence-corrected chi connectivity index (χ4v) is 2.25. The summed E-state index contributed by atoms with van der Waals surface area (Å²) in [5.74, 6) is 0.0532. The van der Waals surface area contributed by atoms with Crippen LogP contribution in [0.2, 0.25) is 0 Å². The first-order chi connectivity index (χ1) is 9.79. The molecule has 0 spiro atoms. The van der Waals surface area contributed by atoms with E-state index in [4.69, 9.17) is 0 Å². The molecule has 2 N–H and O–H groups in total. The van der Waals surface area contributed by atoms with Gasteiger partial charge in [-0.1, -0.05) is 26.0 Å². The van der Waals surface area contributed by atoms with Gasteiger partial charge in [-0.25, -0.2) is 0 Å². The van der Waals surface area contributed by atoms with E-state index in [9.17, 15) is 4.79 Å². The van der Waals surface area contributed by atoms with Crippen LogP contribution in [0.25, 0.3) is 0 Å². The number of rotatable bonds is 7. The number of carbonyl (C=O) groups excluding carboxylic acids is 1. The molecule has 0 aromatic heterocycles. The molecule has 1 rings (SSSR count). The van der Waals surface area contributed by atoms with Gasteiger partial charge in [0.25, 0.3) is 0 Å². The molecule has 1 aromatic rings. The van der Waals surface area contributed by atoms with Crippen LogP contribution in [0.3, 0.4) is 0 Å². The number of benzene rings is 1. The SMILES string of the molecule is Cc1cc(CNC(C)C)ccc1N(C)CC(=O)NC(C)C. The standard InChI is InChI=1S/C17H29N3O/c1-12(2)18-10-15-7-8-16(14(5)9-15)20(6)11-17(21)19-13(3)4/h7-9,12-13,18H,10-11H2,1-6H3,(H,19,21). The summed E-state index contributed by atoms with van der Waals surface area (Å²) in [5, 5.41) is 6.33. The summed E-state index contributed by atoms with van der Waals surface area (Å²) in [6.45, 7) is 11.6. The Morgan fingerprint density at radius 2 is 1.86 bits per heavy atom. The Morgan fingerprint density at radius 1 is 1.19 bits per heavy atom. The molecule has 0 aliphatic heterocycles. The van der Waals surface area contributed by atoms with E-state index in [1.54, 1.807) is 0 Å². The highest BCUT2D eigenvalue weighted by Gasteiger charge is 2.10. The van der Waals surface area contributed by atoms with Crippen molar-refractivity contribution in [3.63, 3.8) is 0 Å². The Bertz CT molecular complexity index is 469. The highest BCUT2D eigenvalue weighted by molar-refractivity contribution is 5.81. The van der Waals surface area contributed by atoms with Crippen molar-refractivity contribution in [2.45, 2.75) is 53.2 Å². The van der Waals surface area contributed by atoms with E-state index in [1.165, 1.54) is 11.1 Å². The quantitative estimate of drug-likeness (QED) is 0.811. The van der Waals surface area contributed by atoms with Crippen molar-refractivity contribution in [3.05, 3.63) is 29.3 Å². The average molecular weight is 291 g/mol. The maximum Gasteiger partial charge on any atom is 0.239 e. The fraction of sp³-hybridized carbons (Fsp3) is 0.588. The van der Waals surface area contributed by atoms with Crippen molar-refractivity contribution < 1.29 is 4.79 Å². The van der Waals surface area contributed by atoms with Crippen LogP contribution in [0.15, 0.2) is 18.2 Å². The predicted molar refractivity (Wildman–Crippen MR) is 89.7 cm³/mol. The third-order valence-electron chi connectivity index (χ3n) is 3.22. The second-order valence-corrected chi connectivity index (χ2v) is 6.23. The largest absolute Gasteiger partial charge is 0.365 e. The molecule has 118 valence electrons. The van der Waals surface area contributed by atoms with Crippen molar-refractivity contribution >= 4 is 11.6 Å². The van der Waals surface area contributed by atoms with Crippen molar-refractivity contribution in [1.29, 1.82) is 0 Å². The van der Waals surface area contributed by atoms with E-state index < -0.39 is 0 Å². The van der Waals surface area contributed by atoms with Gasteiger partial charge in [-0.05, 0) is 38.0 Å². The molecule has 0 fully saturated rings. The lowest BCUT2D eigenvalue weighted by Crippen LogP contribution is -2.38. The minimum atomic E-state index is 0.0532. The van der Waals surface area contributed by atoms with E-state index in [0.717, 1.165) is 12.2 Å². The van der Waals surface area contributed by atoms with E-state index >= 15 is 0 Å². The molecule has 0 atom stereocenters. The van der Waals surface area contributed by atoms with E-state index in [0.29, 0.717) is 12.6 Å². The Labute approximate surface area is 128 Å². The second kappa shape index (κ2) is 8.03. The smallest absolute Gasteiger partial charge is 0.239 e. The Hall–Kier alpha value is -1.55. The van der Waals surface area contributed by atoms with Crippen LogP contribution in [0, 0.1) is 6.92 Å². The molecule has 0 saturated carbocycles. The number of nitrogens with zero attached hydrogens (tertiary/aromatic N) is 1. The van der Waals surface area contributed by atoms with Gasteiger partial charge in [0, 0.05) is 31.4 Å². The van der Waals surface area contributed by atoms with Gasteiger partial charge < -0.3 is 15.5 Å². The zero-order valence-corrected chi connectivity index (χ0v) is 14.2. The van der Waals surface area contributed by atoms with Gasteiger partial charge >= 0.3 is 0 Å². The van der Waals surface area contributed by atoms with Gasteiger partial charge in [-0.15, -0.1) is 0 Å². The first-order valence-electron chi connectivity index (χ1n) is 7.63. The maximum absolute atomic E-state index is 11.8. The van der Waals surface area contributed by atoms with Gasteiger partial charge in [0.2, 0.25) is 5.91 Å². The van der Waals surface area contributed by atoms with E-state index in [1.807, 2.05) is 25.8 Å². The van der Waals surface area contributed by atoms with Crippen LogP contribution in [0.4, 0.5) is 5.69 Å². The zero-order valence-electron chi connectivity index (χ0n) is 14.2. The lowest BCUT2D eigenvalue weighted by atomic mass is 10.1. The summed E-state index contributed by atoms with van der Waals surface area (Å²) >= 11 is 0. The number of anilines is 1. The Balaban J connectivity index is 2.68. The van der Waals surface area contributed by atoms with Gasteiger partial charge in [0.1, 0.15) is 0 Å². The highest BCUT2D eigenvalue weighted by Crippen LogP contribution is 2.20. The summed E-state index contributed by atoms with van der Waals surface area (Å²) in [5.41, 5.74) is 3.56. The number of hydrogen-bond acceptors (Lipinski definition) is 3. The normalized spacial score (nSPS) is 11.0. The average Bonchev–Trinajstić information content (AvgIpc) is 2.34. The molecule has 4 nitrogen and oxygen atoms in total. The first kappa shape index (κ1) is 17.5. The van der Waals surface area contributed by atoms with Crippen LogP contribution in [-0.2, 0) is 11.3 Å². The molecular weight excluding hydrogens is 262 g/mol. The minimum Gasteiger partial charge on any atom is -0.365 e. The van der Waals surface area contributed by atoms with Crippen LogP contribution in [0.5, 0.6) is 0 Å². The molecule has 4 heteroatoms. The maximum atomic E-state index is 11.8. The third-order valence-corrected chi connectivity index (χ3v) is 3.22. The summed E-state index contributed by atoms with van der Waals surface area (Å²) in [7, 11) is 1.95. The van der Waals surface area contributed by atoms with Crippen LogP contribution >= 0.6 is 0 Å². The van der Waals surface area contributed by atoms with Crippen LogP contribution in [0.1, 0.15) is 38.8 Å². The molecule has 1 amide bonds. The molecule has 21 heavy (non-hydrogen) atoms. The monoisotopic (exact) mass is 291 g/mol. The minimum absolute atomic E-state index is 0.0532. The van der Waals surface area contributed by atoms with Crippen molar-refractivity contribution in [2.24, 2.45) is 0 Å². The van der Waals surface area contributed by atoms with E-state index in [-0.39, 0.29) is 11.9 Å².